The topological polar surface area (TPSA) is 118 Å². The molecule has 4 aromatic rings. The molecule has 9 nitrogen and oxygen atoms in total. The molecule has 9 heteroatoms. The minimum Gasteiger partial charge on any atom is -0.461 e. The molecule has 1 aliphatic heterocycles. The van der Waals surface area contributed by atoms with Crippen molar-refractivity contribution in [1.29, 1.82) is 0 Å². The first-order valence-electron chi connectivity index (χ1n) is 11.0. The second-order valence-corrected chi connectivity index (χ2v) is 8.02. The highest BCUT2D eigenvalue weighted by Crippen LogP contribution is 2.25. The summed E-state index contributed by atoms with van der Waals surface area (Å²) in [6.45, 7) is 2.31. The number of hydrogen-bond acceptors (Lipinski definition) is 8. The molecule has 1 fully saturated rings. The SMILES string of the molecule is Cc1ccc(NC(=O)c2ccc(NC3COC3=O)cc2)cc1Nc1nccc(-c2cccnc2)n1. The van der Waals surface area contributed by atoms with E-state index < -0.39 is 0 Å². The zero-order valence-corrected chi connectivity index (χ0v) is 18.9. The summed E-state index contributed by atoms with van der Waals surface area (Å²) >= 11 is 0. The van der Waals surface area contributed by atoms with Gasteiger partial charge < -0.3 is 20.7 Å². The van der Waals surface area contributed by atoms with Gasteiger partial charge >= 0.3 is 5.97 Å². The van der Waals surface area contributed by atoms with Gasteiger partial charge in [0.2, 0.25) is 5.95 Å². The zero-order chi connectivity index (χ0) is 24.2. The number of pyridine rings is 1. The predicted molar refractivity (Wildman–Crippen MR) is 132 cm³/mol. The van der Waals surface area contributed by atoms with Gasteiger partial charge in [0.25, 0.3) is 5.91 Å². The summed E-state index contributed by atoms with van der Waals surface area (Å²) in [5.41, 5.74) is 5.27. The lowest BCUT2D eigenvalue weighted by molar-refractivity contribution is -0.159. The number of hydrogen-bond donors (Lipinski definition) is 3. The highest BCUT2D eigenvalue weighted by molar-refractivity contribution is 6.04. The van der Waals surface area contributed by atoms with Crippen molar-refractivity contribution in [1.82, 2.24) is 15.0 Å². The Balaban J connectivity index is 1.27. The number of rotatable bonds is 7. The average Bonchev–Trinajstić information content (AvgIpc) is 2.89. The third-order valence-corrected chi connectivity index (χ3v) is 5.52. The molecule has 1 aliphatic rings. The number of ether oxygens (including phenoxy) is 1. The maximum Gasteiger partial charge on any atom is 0.332 e. The number of benzene rings is 2. The lowest BCUT2D eigenvalue weighted by Gasteiger charge is -2.26. The highest BCUT2D eigenvalue weighted by atomic mass is 16.6. The van der Waals surface area contributed by atoms with Gasteiger partial charge in [-0.2, -0.15) is 0 Å². The van der Waals surface area contributed by atoms with Crippen molar-refractivity contribution in [3.63, 3.8) is 0 Å². The number of carbonyl (C=O) groups is 2. The van der Waals surface area contributed by atoms with E-state index in [1.165, 1.54) is 0 Å². The minimum atomic E-state index is -0.331. The molecule has 1 amide bonds. The number of anilines is 4. The molecular formula is C26H22N6O3. The number of carbonyl (C=O) groups excluding carboxylic acids is 2. The van der Waals surface area contributed by atoms with Gasteiger partial charge in [-0.05, 0) is 67.1 Å². The maximum absolute atomic E-state index is 12.8. The van der Waals surface area contributed by atoms with Crippen molar-refractivity contribution >= 4 is 34.9 Å². The Bertz CT molecular complexity index is 1380. The van der Waals surface area contributed by atoms with Gasteiger partial charge in [-0.1, -0.05) is 6.07 Å². The Morgan fingerprint density at radius 1 is 1.03 bits per heavy atom. The molecule has 0 spiro atoms. The second-order valence-electron chi connectivity index (χ2n) is 8.02. The van der Waals surface area contributed by atoms with E-state index in [0.29, 0.717) is 23.8 Å². The van der Waals surface area contributed by atoms with Crippen LogP contribution in [0.5, 0.6) is 0 Å². The van der Waals surface area contributed by atoms with Crippen molar-refractivity contribution < 1.29 is 14.3 Å². The summed E-state index contributed by atoms with van der Waals surface area (Å²) in [4.78, 5) is 37.1. The average molecular weight is 467 g/mol. The van der Waals surface area contributed by atoms with Gasteiger partial charge in [-0.15, -0.1) is 0 Å². The smallest absolute Gasteiger partial charge is 0.332 e. The molecule has 0 saturated carbocycles. The van der Waals surface area contributed by atoms with Crippen molar-refractivity contribution in [3.05, 3.63) is 90.4 Å². The standard InChI is InChI=1S/C26H22N6O3/c1-16-4-7-20(30-24(33)17-5-8-19(9-6-17)29-23-15-35-25(23)34)13-22(16)32-26-28-12-10-21(31-26)18-3-2-11-27-14-18/h2-14,23,29H,15H2,1H3,(H,30,33)(H,28,31,32). The van der Waals surface area contributed by atoms with Gasteiger partial charge in [0.1, 0.15) is 6.61 Å². The molecule has 2 aromatic carbocycles. The van der Waals surface area contributed by atoms with Crippen LogP contribution in [0.2, 0.25) is 0 Å². The van der Waals surface area contributed by atoms with E-state index in [1.807, 2.05) is 43.3 Å². The van der Waals surface area contributed by atoms with Crippen LogP contribution in [0.3, 0.4) is 0 Å². The van der Waals surface area contributed by atoms with Gasteiger partial charge in [0.05, 0.1) is 5.69 Å². The summed E-state index contributed by atoms with van der Waals surface area (Å²) in [6.07, 6.45) is 5.15. The number of nitrogens with one attached hydrogen (secondary N) is 3. The second kappa shape index (κ2) is 9.60. The van der Waals surface area contributed by atoms with E-state index in [2.05, 4.69) is 30.9 Å². The summed E-state index contributed by atoms with van der Waals surface area (Å²) < 4.78 is 4.74. The van der Waals surface area contributed by atoms with Crippen molar-refractivity contribution in [3.8, 4) is 11.3 Å². The molecule has 2 aromatic heterocycles. The minimum absolute atomic E-state index is 0.246. The summed E-state index contributed by atoms with van der Waals surface area (Å²) in [5.74, 6) is -0.0783. The highest BCUT2D eigenvalue weighted by Gasteiger charge is 2.30. The molecule has 35 heavy (non-hydrogen) atoms. The van der Waals surface area contributed by atoms with E-state index in [9.17, 15) is 9.59 Å². The van der Waals surface area contributed by atoms with Crippen molar-refractivity contribution in [2.24, 2.45) is 0 Å². The molecular weight excluding hydrogens is 444 g/mol. The molecule has 174 valence electrons. The fourth-order valence-electron chi connectivity index (χ4n) is 3.51. The van der Waals surface area contributed by atoms with E-state index in [1.54, 1.807) is 42.9 Å². The molecule has 0 bridgehead atoms. The van der Waals surface area contributed by atoms with Crippen LogP contribution in [-0.4, -0.2) is 39.5 Å². The third-order valence-electron chi connectivity index (χ3n) is 5.52. The first kappa shape index (κ1) is 22.0. The first-order valence-corrected chi connectivity index (χ1v) is 11.0. The van der Waals surface area contributed by atoms with Gasteiger partial charge in [0, 0.05) is 46.8 Å². The number of cyclic esters (lactones) is 1. The number of esters is 1. The molecule has 0 aliphatic carbocycles. The summed E-state index contributed by atoms with van der Waals surface area (Å²) in [5, 5.41) is 9.22. The zero-order valence-electron chi connectivity index (χ0n) is 18.9. The quantitative estimate of drug-likeness (QED) is 0.347. The first-order chi connectivity index (χ1) is 17.0. The lowest BCUT2D eigenvalue weighted by atomic mass is 10.1. The van der Waals surface area contributed by atoms with Gasteiger partial charge in [-0.3, -0.25) is 9.78 Å². The van der Waals surface area contributed by atoms with Crippen LogP contribution in [0.15, 0.2) is 79.3 Å². The Morgan fingerprint density at radius 3 is 2.57 bits per heavy atom. The molecule has 0 radical (unpaired) electrons. The fraction of sp³-hybridized carbons (Fsp3) is 0.115. The number of aromatic nitrogens is 3. The van der Waals surface area contributed by atoms with E-state index in [4.69, 9.17) is 4.74 Å². The van der Waals surface area contributed by atoms with Crippen LogP contribution >= 0.6 is 0 Å². The largest absolute Gasteiger partial charge is 0.461 e. The van der Waals surface area contributed by atoms with Crippen molar-refractivity contribution in [2.45, 2.75) is 13.0 Å². The van der Waals surface area contributed by atoms with Gasteiger partial charge in [-0.25, -0.2) is 14.8 Å². The van der Waals surface area contributed by atoms with Crippen LogP contribution < -0.4 is 16.0 Å². The Morgan fingerprint density at radius 2 is 1.86 bits per heavy atom. The molecule has 3 heterocycles. The number of aryl methyl sites for hydroxylation is 1. The lowest BCUT2D eigenvalue weighted by Crippen LogP contribution is -2.46. The molecule has 5 rings (SSSR count). The Labute approximate surface area is 201 Å². The van der Waals surface area contributed by atoms with Crippen LogP contribution in [0.25, 0.3) is 11.3 Å². The normalized spacial score (nSPS) is 14.4. The predicted octanol–water partition coefficient (Wildman–Crippen LogP) is 4.18. The number of amides is 1. The monoisotopic (exact) mass is 466 g/mol. The fourth-order valence-corrected chi connectivity index (χ4v) is 3.51. The molecule has 1 unspecified atom stereocenters. The van der Waals surface area contributed by atoms with Crippen LogP contribution in [0.1, 0.15) is 15.9 Å². The summed E-state index contributed by atoms with van der Waals surface area (Å²) in [7, 11) is 0. The Kier molecular flexibility index (Phi) is 6.04. The molecule has 1 atom stereocenters. The Hall–Kier alpha value is -4.79. The van der Waals surface area contributed by atoms with Crippen LogP contribution in [-0.2, 0) is 9.53 Å². The van der Waals surface area contributed by atoms with Crippen molar-refractivity contribution in [2.75, 3.05) is 22.6 Å². The van der Waals surface area contributed by atoms with Crippen LogP contribution in [0, 0.1) is 6.92 Å². The van der Waals surface area contributed by atoms with Gasteiger partial charge in [0.15, 0.2) is 6.04 Å². The maximum atomic E-state index is 12.8. The molecule has 1 saturated heterocycles. The number of nitrogens with zero attached hydrogens (tertiary/aromatic N) is 3. The van der Waals surface area contributed by atoms with E-state index in [-0.39, 0.29) is 17.9 Å². The van der Waals surface area contributed by atoms with Crippen LogP contribution in [0.4, 0.5) is 23.0 Å². The van der Waals surface area contributed by atoms with E-state index in [0.717, 1.165) is 28.2 Å². The summed E-state index contributed by atoms with van der Waals surface area (Å²) in [6, 6.07) is 17.8. The molecule has 3 N–H and O–H groups in total. The third kappa shape index (κ3) is 5.09. The van der Waals surface area contributed by atoms with E-state index >= 15 is 0 Å².